The Hall–Kier alpha value is -1.32. The topological polar surface area (TPSA) is 0 Å². The van der Waals surface area contributed by atoms with Crippen LogP contribution < -0.4 is 0 Å². The third-order valence-electron chi connectivity index (χ3n) is 0.808. The van der Waals surface area contributed by atoms with Gasteiger partial charge in [-0.25, -0.2) is 0 Å². The van der Waals surface area contributed by atoms with Gasteiger partial charge in [0.2, 0.25) is 0 Å². The van der Waals surface area contributed by atoms with Crippen molar-refractivity contribution in [2.75, 3.05) is 0 Å². The van der Waals surface area contributed by atoms with Gasteiger partial charge in [0.1, 0.15) is 0 Å². The van der Waals surface area contributed by atoms with E-state index < -0.39 is 0 Å². The molecule has 0 bridgehead atoms. The van der Waals surface area contributed by atoms with Crippen LogP contribution in [-0.2, 0) is 0 Å². The van der Waals surface area contributed by atoms with Crippen LogP contribution in [0.2, 0.25) is 0 Å². The standard InChI is InChI=1S/C9H8/c1-5-7-8-9(3,4)6-2/h1-2H,3-4H3. The summed E-state index contributed by atoms with van der Waals surface area (Å²) in [5.74, 6) is 9.92. The van der Waals surface area contributed by atoms with Gasteiger partial charge in [0.25, 0.3) is 0 Å². The van der Waals surface area contributed by atoms with E-state index >= 15 is 0 Å². The second-order valence-electron chi connectivity index (χ2n) is 2.16. The van der Waals surface area contributed by atoms with Crippen LogP contribution in [-0.4, -0.2) is 0 Å². The van der Waals surface area contributed by atoms with E-state index in [0.717, 1.165) is 0 Å². The number of rotatable bonds is 0. The van der Waals surface area contributed by atoms with Crippen molar-refractivity contribution in [3.05, 3.63) is 0 Å². The van der Waals surface area contributed by atoms with Crippen molar-refractivity contribution in [1.29, 1.82) is 0 Å². The molecule has 0 heterocycles. The predicted octanol–water partition coefficient (Wildman–Crippen LogP) is 1.28. The predicted molar refractivity (Wildman–Crippen MR) is 39.2 cm³/mol. The van der Waals surface area contributed by atoms with E-state index in [4.69, 9.17) is 12.8 Å². The Labute approximate surface area is 56.7 Å². The first-order chi connectivity index (χ1) is 4.12. The molecule has 9 heavy (non-hydrogen) atoms. The number of hydrogen-bond acceptors (Lipinski definition) is 0. The Kier molecular flexibility index (Phi) is 2.44. The summed E-state index contributed by atoms with van der Waals surface area (Å²) in [6.07, 6.45) is 10.0. The maximum Gasteiger partial charge on any atom is 0.0870 e. The Morgan fingerprint density at radius 1 is 1.22 bits per heavy atom. The number of terminal acetylenes is 2. The Bertz CT molecular complexity index is 219. The fourth-order valence-electron chi connectivity index (χ4n) is 0.228. The summed E-state index contributed by atoms with van der Waals surface area (Å²) in [5, 5.41) is 0. The Morgan fingerprint density at radius 2 is 1.78 bits per heavy atom. The fraction of sp³-hybridized carbons (Fsp3) is 0.333. The lowest BCUT2D eigenvalue weighted by molar-refractivity contribution is 0.687. The summed E-state index contributed by atoms with van der Waals surface area (Å²) in [4.78, 5) is 0. The first-order valence-electron chi connectivity index (χ1n) is 2.58. The van der Waals surface area contributed by atoms with E-state index in [1.54, 1.807) is 0 Å². The van der Waals surface area contributed by atoms with Crippen molar-refractivity contribution in [2.45, 2.75) is 13.8 Å². The van der Waals surface area contributed by atoms with Crippen LogP contribution in [0.15, 0.2) is 0 Å². The molecule has 0 aromatic rings. The van der Waals surface area contributed by atoms with Crippen LogP contribution in [0.25, 0.3) is 0 Å². The van der Waals surface area contributed by atoms with E-state index in [-0.39, 0.29) is 5.41 Å². The molecule has 0 heteroatoms. The van der Waals surface area contributed by atoms with Gasteiger partial charge >= 0.3 is 0 Å². The minimum atomic E-state index is -0.383. The van der Waals surface area contributed by atoms with E-state index in [1.807, 2.05) is 13.8 Å². The Morgan fingerprint density at radius 3 is 2.11 bits per heavy atom. The average molecular weight is 116 g/mol. The highest BCUT2D eigenvalue weighted by atomic mass is 14.1. The lowest BCUT2D eigenvalue weighted by atomic mass is 9.96. The highest BCUT2D eigenvalue weighted by Crippen LogP contribution is 2.09. The molecule has 0 nitrogen and oxygen atoms in total. The average Bonchev–Trinajstić information content (AvgIpc) is 1.84. The van der Waals surface area contributed by atoms with Crippen LogP contribution in [0.4, 0.5) is 0 Å². The second kappa shape index (κ2) is 2.86. The van der Waals surface area contributed by atoms with Gasteiger partial charge in [-0.1, -0.05) is 11.8 Å². The van der Waals surface area contributed by atoms with Crippen LogP contribution in [0.5, 0.6) is 0 Å². The van der Waals surface area contributed by atoms with Crippen molar-refractivity contribution < 1.29 is 0 Å². The minimum absolute atomic E-state index is 0.383. The largest absolute Gasteiger partial charge is 0.119 e. The highest BCUT2D eigenvalue weighted by molar-refractivity contribution is 5.29. The Balaban J connectivity index is 4.28. The molecule has 0 radical (unpaired) electrons. The zero-order chi connectivity index (χ0) is 7.33. The smallest absolute Gasteiger partial charge is 0.0870 e. The molecule has 0 fully saturated rings. The van der Waals surface area contributed by atoms with E-state index in [1.165, 1.54) is 0 Å². The van der Waals surface area contributed by atoms with Crippen molar-refractivity contribution in [1.82, 2.24) is 0 Å². The van der Waals surface area contributed by atoms with Crippen molar-refractivity contribution in [3.63, 3.8) is 0 Å². The minimum Gasteiger partial charge on any atom is -0.119 e. The molecule has 0 aliphatic carbocycles. The zero-order valence-electron chi connectivity index (χ0n) is 5.65. The van der Waals surface area contributed by atoms with Gasteiger partial charge in [-0.2, -0.15) is 0 Å². The summed E-state index contributed by atoms with van der Waals surface area (Å²) in [7, 11) is 0. The van der Waals surface area contributed by atoms with Gasteiger partial charge in [-0.15, -0.1) is 12.8 Å². The molecule has 0 N–H and O–H groups in total. The summed E-state index contributed by atoms with van der Waals surface area (Å²) < 4.78 is 0. The second-order valence-corrected chi connectivity index (χ2v) is 2.16. The van der Waals surface area contributed by atoms with E-state index in [2.05, 4.69) is 23.7 Å². The third-order valence-corrected chi connectivity index (χ3v) is 0.808. The number of hydrogen-bond donors (Lipinski definition) is 0. The molecule has 0 aliphatic rings. The lowest BCUT2D eigenvalue weighted by Gasteiger charge is -2.04. The van der Waals surface area contributed by atoms with Crippen LogP contribution in [0.1, 0.15) is 13.8 Å². The molecule has 0 rings (SSSR count). The molecule has 0 amide bonds. The molecular formula is C9H8. The van der Waals surface area contributed by atoms with Gasteiger partial charge in [0.05, 0.1) is 5.41 Å². The molecule has 44 valence electrons. The quantitative estimate of drug-likeness (QED) is 0.418. The molecule has 0 saturated heterocycles. The molecule has 0 unspecified atom stereocenters. The van der Waals surface area contributed by atoms with Gasteiger partial charge in [-0.05, 0) is 25.7 Å². The van der Waals surface area contributed by atoms with Gasteiger partial charge in [0.15, 0.2) is 0 Å². The first kappa shape index (κ1) is 7.68. The fourth-order valence-corrected chi connectivity index (χ4v) is 0.228. The summed E-state index contributed by atoms with van der Waals surface area (Å²) in [6.45, 7) is 3.69. The third kappa shape index (κ3) is 3.28. The molecule has 0 aromatic carbocycles. The van der Waals surface area contributed by atoms with Crippen molar-refractivity contribution in [2.24, 2.45) is 5.41 Å². The molecule has 0 saturated carbocycles. The van der Waals surface area contributed by atoms with Crippen LogP contribution in [0, 0.1) is 41.9 Å². The van der Waals surface area contributed by atoms with E-state index in [0.29, 0.717) is 0 Å². The molecule has 0 atom stereocenters. The summed E-state index contributed by atoms with van der Waals surface area (Å²) in [5.41, 5.74) is -0.383. The van der Waals surface area contributed by atoms with Crippen LogP contribution >= 0.6 is 0 Å². The molecular weight excluding hydrogens is 108 g/mol. The van der Waals surface area contributed by atoms with Crippen molar-refractivity contribution in [3.8, 4) is 36.5 Å². The zero-order valence-corrected chi connectivity index (χ0v) is 5.65. The SMILES string of the molecule is C#CC#CC(C)(C)C#C. The first-order valence-corrected chi connectivity index (χ1v) is 2.58. The monoisotopic (exact) mass is 116 g/mol. The van der Waals surface area contributed by atoms with Gasteiger partial charge in [0, 0.05) is 0 Å². The maximum atomic E-state index is 5.13. The lowest BCUT2D eigenvalue weighted by Crippen LogP contribution is -2.02. The normalized spacial score (nSPS) is 8.00. The van der Waals surface area contributed by atoms with Gasteiger partial charge < -0.3 is 0 Å². The van der Waals surface area contributed by atoms with E-state index in [9.17, 15) is 0 Å². The van der Waals surface area contributed by atoms with Crippen molar-refractivity contribution >= 4 is 0 Å². The highest BCUT2D eigenvalue weighted by Gasteiger charge is 2.06. The van der Waals surface area contributed by atoms with Gasteiger partial charge in [-0.3, -0.25) is 0 Å². The van der Waals surface area contributed by atoms with Crippen LogP contribution in [0.3, 0.4) is 0 Å². The molecule has 0 aromatic heterocycles. The summed E-state index contributed by atoms with van der Waals surface area (Å²) >= 11 is 0. The maximum absolute atomic E-state index is 5.13. The summed E-state index contributed by atoms with van der Waals surface area (Å²) in [6, 6.07) is 0. The molecule has 0 aliphatic heterocycles. The molecule has 0 spiro atoms.